The zero-order valence-corrected chi connectivity index (χ0v) is 37.0. The van der Waals surface area contributed by atoms with E-state index in [1.807, 2.05) is 116 Å². The van der Waals surface area contributed by atoms with E-state index in [-0.39, 0.29) is 30.7 Å². The second-order valence-corrected chi connectivity index (χ2v) is 18.4. The van der Waals surface area contributed by atoms with Crippen LogP contribution in [0.1, 0.15) is 121 Å². The minimum atomic E-state index is -2.79. The number of fused-ring (bicyclic) bond motifs is 1. The summed E-state index contributed by atoms with van der Waals surface area (Å²) in [6, 6.07) is 0. The Kier molecular flexibility index (Phi) is 15.9. The fourth-order valence-electron chi connectivity index (χ4n) is 8.74. The molecule has 2 aliphatic carbocycles. The average molecular weight is 833 g/mol. The van der Waals surface area contributed by atoms with E-state index < -0.39 is 70.1 Å². The third-order valence-corrected chi connectivity index (χ3v) is 11.7. The zero-order chi connectivity index (χ0) is 45.5. The molecule has 0 aromatic rings. The van der Waals surface area contributed by atoms with Gasteiger partial charge in [0.15, 0.2) is 11.4 Å². The second-order valence-electron chi connectivity index (χ2n) is 18.4. The number of ether oxygens (including phenoxy) is 3. The minimum absolute atomic E-state index is 0.0858. The number of carboxylic acids is 2. The lowest BCUT2D eigenvalue weighted by Crippen LogP contribution is -2.50. The van der Waals surface area contributed by atoms with Crippen LogP contribution in [0, 0.1) is 10.8 Å². The highest BCUT2D eigenvalue weighted by atomic mass is 16.6. The van der Waals surface area contributed by atoms with Gasteiger partial charge in [-0.05, 0) is 77.0 Å². The molecular formula is C48H64O12. The fourth-order valence-corrected chi connectivity index (χ4v) is 8.74. The first kappa shape index (κ1) is 49.5. The molecule has 5 unspecified atom stereocenters. The molecule has 0 bridgehead atoms. The van der Waals surface area contributed by atoms with Gasteiger partial charge in [0.25, 0.3) is 0 Å². The predicted octanol–water partition coefficient (Wildman–Crippen LogP) is 7.92. The molecule has 1 aliphatic heterocycles. The van der Waals surface area contributed by atoms with Gasteiger partial charge in [-0.25, -0.2) is 4.79 Å². The molecule has 0 amide bonds. The van der Waals surface area contributed by atoms with Gasteiger partial charge in [0.2, 0.25) is 0 Å². The smallest absolute Gasteiger partial charge is 0.336 e. The maximum atomic E-state index is 13.4. The molecule has 12 nitrogen and oxygen atoms in total. The third kappa shape index (κ3) is 12.8. The van der Waals surface area contributed by atoms with Crippen molar-refractivity contribution < 1.29 is 58.6 Å². The van der Waals surface area contributed by atoms with E-state index in [2.05, 4.69) is 5.73 Å². The molecule has 1 heterocycles. The normalized spacial score (nSPS) is 29.1. The highest BCUT2D eigenvalue weighted by Gasteiger charge is 2.76. The second kappa shape index (κ2) is 19.2. The van der Waals surface area contributed by atoms with E-state index in [0.29, 0.717) is 24.8 Å². The summed E-state index contributed by atoms with van der Waals surface area (Å²) in [5.41, 5.74) is 1.12. The summed E-state index contributed by atoms with van der Waals surface area (Å²) in [5.74, 6) is -4.86. The Balaban J connectivity index is 1.55. The van der Waals surface area contributed by atoms with E-state index >= 15 is 0 Å². The van der Waals surface area contributed by atoms with Crippen molar-refractivity contribution in [3.05, 3.63) is 100 Å². The van der Waals surface area contributed by atoms with Gasteiger partial charge in [0.1, 0.15) is 17.8 Å². The topological polar surface area (TPSA) is 197 Å². The molecule has 0 radical (unpaired) electrons. The SMILES string of the molecule is CC(=O)OC1CC(C)(C)C(=C=C/C(C)=C/C=C/C(C)=C/C=C/C=C(C)/C=C/C=C(\C)C(=O)CC23OC2(C)CC(OC(=O)CC(O)(CC(=O)O)C(=O)O)CC3(C)C)[C@](C)(O)C1. The number of carbonyl (C=O) groups is 5. The highest BCUT2D eigenvalue weighted by Crippen LogP contribution is 2.67. The molecule has 0 aromatic carbocycles. The van der Waals surface area contributed by atoms with Crippen LogP contribution in [-0.2, 0) is 38.2 Å². The Morgan fingerprint density at radius 3 is 1.82 bits per heavy atom. The van der Waals surface area contributed by atoms with Gasteiger partial charge in [0, 0.05) is 37.2 Å². The average Bonchev–Trinajstić information content (AvgIpc) is 3.69. The molecule has 0 spiro atoms. The number of aliphatic hydroxyl groups is 2. The highest BCUT2D eigenvalue weighted by molar-refractivity contribution is 5.96. The monoisotopic (exact) mass is 832 g/mol. The first-order valence-electron chi connectivity index (χ1n) is 20.3. The maximum Gasteiger partial charge on any atom is 0.336 e. The van der Waals surface area contributed by atoms with Crippen LogP contribution in [0.5, 0.6) is 0 Å². The number of Topliss-reactive ketones (excluding diaryl/α,β-unsaturated/α-hetero) is 1. The van der Waals surface area contributed by atoms with Gasteiger partial charge in [-0.1, -0.05) is 99.6 Å². The van der Waals surface area contributed by atoms with Crippen LogP contribution in [0.4, 0.5) is 0 Å². The zero-order valence-electron chi connectivity index (χ0n) is 37.0. The van der Waals surface area contributed by atoms with Crippen molar-refractivity contribution in [3.8, 4) is 0 Å². The Morgan fingerprint density at radius 1 is 0.750 bits per heavy atom. The Bertz CT molecular complexity index is 1970. The molecule has 12 heteroatoms. The summed E-state index contributed by atoms with van der Waals surface area (Å²) in [6.07, 6.45) is 19.5. The Hall–Kier alpha value is -4.87. The maximum absolute atomic E-state index is 13.4. The number of epoxide rings is 1. The van der Waals surface area contributed by atoms with Crippen molar-refractivity contribution in [3.63, 3.8) is 0 Å². The molecule has 3 fully saturated rings. The summed E-state index contributed by atoms with van der Waals surface area (Å²) in [4.78, 5) is 60.1. The number of hydrogen-bond donors (Lipinski definition) is 4. The van der Waals surface area contributed by atoms with Gasteiger partial charge in [-0.3, -0.25) is 19.2 Å². The number of allylic oxidation sites excluding steroid dienone is 14. The van der Waals surface area contributed by atoms with Crippen LogP contribution in [0.3, 0.4) is 0 Å². The summed E-state index contributed by atoms with van der Waals surface area (Å²) in [6.45, 7) is 20.5. The molecule has 3 rings (SSSR count). The standard InChI is InChI=1S/C48H64O12/c1-31(18-14-19-33(3)22-23-39-43(6,7)24-36(58-35(5)49)26-45(39,10)56)16-12-13-17-32(2)20-15-21-34(4)38(50)28-48-44(8,9)25-37(27-46(48,11)60-48)59-41(53)30-47(57,42(54)55)29-40(51)52/h12-22,36-37,56-57H,24-30H2,1-11H3,(H,51,52)(H,54,55)/b13-12+,18-14+,20-15+,31-16+,32-17+,33-19+,34-21+/t23?,36?,37?,45-,46?,47?,48?/m1/s1. The number of ketones is 1. The number of carboxylic acid groups (broad SMARTS) is 2. The van der Waals surface area contributed by atoms with E-state index in [1.54, 1.807) is 19.9 Å². The molecule has 60 heavy (non-hydrogen) atoms. The van der Waals surface area contributed by atoms with Crippen LogP contribution in [0.25, 0.3) is 0 Å². The van der Waals surface area contributed by atoms with Crippen molar-refractivity contribution in [1.29, 1.82) is 0 Å². The number of carbonyl (C=O) groups excluding carboxylic acids is 3. The lowest BCUT2D eigenvalue weighted by atomic mass is 9.61. The molecule has 0 aromatic heterocycles. The summed E-state index contributed by atoms with van der Waals surface area (Å²) in [7, 11) is 0. The van der Waals surface area contributed by atoms with Crippen molar-refractivity contribution in [1.82, 2.24) is 0 Å². The Morgan fingerprint density at radius 2 is 1.30 bits per heavy atom. The molecule has 2 saturated carbocycles. The van der Waals surface area contributed by atoms with Crippen molar-refractivity contribution >= 4 is 29.7 Å². The van der Waals surface area contributed by atoms with Gasteiger partial charge in [-0.15, -0.1) is 5.73 Å². The van der Waals surface area contributed by atoms with Crippen molar-refractivity contribution in [2.75, 3.05) is 0 Å². The summed E-state index contributed by atoms with van der Waals surface area (Å²) in [5, 5.41) is 39.7. The molecule has 1 saturated heterocycles. The molecule has 4 N–H and O–H groups in total. The Labute approximate surface area is 354 Å². The van der Waals surface area contributed by atoms with Crippen LogP contribution >= 0.6 is 0 Å². The quantitative estimate of drug-likeness (QED) is 0.0364. The summed E-state index contributed by atoms with van der Waals surface area (Å²) < 4.78 is 17.2. The third-order valence-electron chi connectivity index (χ3n) is 11.7. The molecule has 6 atom stereocenters. The number of rotatable bonds is 17. The van der Waals surface area contributed by atoms with Gasteiger partial charge in [0.05, 0.1) is 24.0 Å². The summed E-state index contributed by atoms with van der Waals surface area (Å²) >= 11 is 0. The molecule has 328 valence electrons. The first-order valence-corrected chi connectivity index (χ1v) is 20.3. The van der Waals surface area contributed by atoms with E-state index in [1.165, 1.54) is 6.92 Å². The van der Waals surface area contributed by atoms with Crippen LogP contribution in [0.2, 0.25) is 0 Å². The molecule has 3 aliphatic rings. The van der Waals surface area contributed by atoms with Gasteiger partial charge in [-0.2, -0.15) is 0 Å². The fraction of sp³-hybridized carbons (Fsp3) is 0.542. The first-order chi connectivity index (χ1) is 27.6. The number of aliphatic carboxylic acids is 2. The lowest BCUT2D eigenvalue weighted by molar-refractivity contribution is -0.175. The van der Waals surface area contributed by atoms with Crippen molar-refractivity contribution in [2.24, 2.45) is 10.8 Å². The van der Waals surface area contributed by atoms with Crippen LogP contribution in [0.15, 0.2) is 100 Å². The van der Waals surface area contributed by atoms with Crippen molar-refractivity contribution in [2.45, 2.75) is 156 Å². The van der Waals surface area contributed by atoms with E-state index in [0.717, 1.165) is 22.3 Å². The molecular weight excluding hydrogens is 769 g/mol. The number of hydrogen-bond acceptors (Lipinski definition) is 10. The lowest BCUT2D eigenvalue weighted by Gasteiger charge is -2.44. The number of esters is 2. The van der Waals surface area contributed by atoms with Gasteiger partial charge >= 0.3 is 23.9 Å². The van der Waals surface area contributed by atoms with Crippen LogP contribution in [-0.4, -0.2) is 84.7 Å². The minimum Gasteiger partial charge on any atom is -0.481 e. The predicted molar refractivity (Wildman–Crippen MR) is 227 cm³/mol. The van der Waals surface area contributed by atoms with Gasteiger partial charge < -0.3 is 34.6 Å². The largest absolute Gasteiger partial charge is 0.481 e. The van der Waals surface area contributed by atoms with E-state index in [4.69, 9.17) is 19.3 Å². The van der Waals surface area contributed by atoms with Crippen LogP contribution < -0.4 is 0 Å². The van der Waals surface area contributed by atoms with E-state index in [9.17, 15) is 39.3 Å².